The van der Waals surface area contributed by atoms with Crippen molar-refractivity contribution in [2.24, 2.45) is 5.92 Å². The molecule has 0 aromatic heterocycles. The first-order chi connectivity index (χ1) is 17.1. The highest BCUT2D eigenvalue weighted by molar-refractivity contribution is 7.92. The van der Waals surface area contributed by atoms with E-state index in [0.717, 1.165) is 12.1 Å². The Morgan fingerprint density at radius 1 is 1.06 bits per heavy atom. The van der Waals surface area contributed by atoms with E-state index < -0.39 is 59.1 Å². The van der Waals surface area contributed by atoms with E-state index in [1.54, 1.807) is 0 Å². The Morgan fingerprint density at radius 2 is 1.78 bits per heavy atom. The average Bonchev–Trinajstić information content (AvgIpc) is 3.41. The molecule has 2 aromatic rings. The van der Waals surface area contributed by atoms with Crippen molar-refractivity contribution in [1.29, 1.82) is 0 Å². The van der Waals surface area contributed by atoms with Gasteiger partial charge in [0.1, 0.15) is 10.6 Å². The van der Waals surface area contributed by atoms with Crippen LogP contribution in [-0.2, 0) is 29.2 Å². The van der Waals surface area contributed by atoms with Crippen LogP contribution in [0.2, 0.25) is 5.02 Å². The van der Waals surface area contributed by atoms with E-state index in [0.29, 0.717) is 24.5 Å². The fourth-order valence-corrected chi connectivity index (χ4v) is 9.93. The minimum absolute atomic E-state index is 0.0109. The molecule has 3 heterocycles. The van der Waals surface area contributed by atoms with Gasteiger partial charge in [-0.25, -0.2) is 25.6 Å². The van der Waals surface area contributed by atoms with Crippen LogP contribution in [0, 0.1) is 17.6 Å². The quantitative estimate of drug-likeness (QED) is 0.578. The van der Waals surface area contributed by atoms with Crippen LogP contribution in [0.5, 0.6) is 5.75 Å². The highest BCUT2D eigenvalue weighted by Crippen LogP contribution is 2.56. The number of benzene rings is 2. The Kier molecular flexibility index (Phi) is 6.82. The van der Waals surface area contributed by atoms with Crippen LogP contribution in [0.3, 0.4) is 0 Å². The Hall–Kier alpha value is -1.79. The molecule has 2 fully saturated rings. The monoisotopic (exact) mass is 561 g/mol. The second-order valence-corrected chi connectivity index (χ2v) is 14.5. The molecule has 5 rings (SSSR count). The number of hydrogen-bond donors (Lipinski definition) is 1. The van der Waals surface area contributed by atoms with Crippen molar-refractivity contribution in [1.82, 2.24) is 5.32 Å². The molecule has 7 nitrogen and oxygen atoms in total. The molecule has 3 aliphatic heterocycles. The maximum Gasteiger partial charge on any atom is 0.189 e. The van der Waals surface area contributed by atoms with E-state index in [2.05, 4.69) is 5.32 Å². The van der Waals surface area contributed by atoms with E-state index in [1.165, 1.54) is 24.3 Å². The normalized spacial score (nSPS) is 28.2. The van der Waals surface area contributed by atoms with Crippen LogP contribution in [0.15, 0.2) is 41.3 Å². The SMILES string of the molecule is O=S(=O)(CCC1OCC[C@@]2(S(=O)(=O)c3ccc(Cl)cc3)c3c(F)ccc(F)c3OCC12)C1CCNC1. The lowest BCUT2D eigenvalue weighted by Crippen LogP contribution is -2.57. The first-order valence-corrected chi connectivity index (χ1v) is 15.3. The third-order valence-electron chi connectivity index (χ3n) is 7.56. The molecule has 3 unspecified atom stereocenters. The average molecular weight is 562 g/mol. The summed E-state index contributed by atoms with van der Waals surface area (Å²) in [6.07, 6.45) is -0.486. The van der Waals surface area contributed by atoms with Crippen LogP contribution >= 0.6 is 11.6 Å². The van der Waals surface area contributed by atoms with Crippen molar-refractivity contribution >= 4 is 31.3 Å². The number of hydrogen-bond acceptors (Lipinski definition) is 7. The molecule has 36 heavy (non-hydrogen) atoms. The van der Waals surface area contributed by atoms with Crippen LogP contribution in [-0.4, -0.2) is 60.2 Å². The van der Waals surface area contributed by atoms with Gasteiger partial charge in [-0.1, -0.05) is 11.6 Å². The van der Waals surface area contributed by atoms with E-state index in [9.17, 15) is 21.2 Å². The zero-order valence-corrected chi connectivity index (χ0v) is 21.6. The summed E-state index contributed by atoms with van der Waals surface area (Å²) in [6, 6.07) is 7.29. The Bertz CT molecular complexity index is 1360. The Morgan fingerprint density at radius 3 is 2.47 bits per heavy atom. The molecular weight excluding hydrogens is 536 g/mol. The third-order valence-corrected chi connectivity index (χ3v) is 12.6. The standard InChI is InChI=1S/C24H26ClF2NO6S2/c25-15-1-3-16(4-2-15)36(31,32)24-9-11-33-21(8-12-35(29,30)17-7-10-28-13-17)18(24)14-34-23-20(27)6-5-19(26)22(23)24/h1-6,17-18,21,28H,7-14H2/t17?,18?,21?,24-/m0/s1. The maximum absolute atomic E-state index is 15.4. The van der Waals surface area contributed by atoms with Gasteiger partial charge >= 0.3 is 0 Å². The summed E-state index contributed by atoms with van der Waals surface area (Å²) < 4.78 is 94.1. The lowest BCUT2D eigenvalue weighted by Gasteiger charge is -2.50. The van der Waals surface area contributed by atoms with E-state index >= 15 is 4.39 Å². The second-order valence-electron chi connectivity index (χ2n) is 9.43. The predicted molar refractivity (Wildman–Crippen MR) is 130 cm³/mol. The number of halogens is 3. The summed E-state index contributed by atoms with van der Waals surface area (Å²) in [7, 11) is -7.81. The molecule has 0 bridgehead atoms. The highest BCUT2D eigenvalue weighted by Gasteiger charge is 2.61. The smallest absolute Gasteiger partial charge is 0.189 e. The minimum atomic E-state index is -4.34. The lowest BCUT2D eigenvalue weighted by atomic mass is 9.75. The van der Waals surface area contributed by atoms with Gasteiger partial charge in [-0.2, -0.15) is 0 Å². The van der Waals surface area contributed by atoms with E-state index in [-0.39, 0.29) is 42.3 Å². The van der Waals surface area contributed by atoms with Crippen molar-refractivity contribution in [2.45, 2.75) is 40.3 Å². The van der Waals surface area contributed by atoms with Gasteiger partial charge in [-0.05, 0) is 62.2 Å². The summed E-state index contributed by atoms with van der Waals surface area (Å²) in [4.78, 5) is -0.0984. The van der Waals surface area contributed by atoms with Gasteiger partial charge in [0, 0.05) is 24.1 Å². The van der Waals surface area contributed by atoms with Crippen molar-refractivity contribution in [3.8, 4) is 5.75 Å². The fourth-order valence-electron chi connectivity index (χ4n) is 5.72. The van der Waals surface area contributed by atoms with Crippen LogP contribution in [0.25, 0.3) is 0 Å². The molecule has 3 aliphatic rings. The number of nitrogens with one attached hydrogen (secondary N) is 1. The first kappa shape index (κ1) is 25.8. The van der Waals surface area contributed by atoms with Gasteiger partial charge in [0.25, 0.3) is 0 Å². The molecule has 0 radical (unpaired) electrons. The van der Waals surface area contributed by atoms with Gasteiger partial charge in [0.05, 0.1) is 34.2 Å². The lowest BCUT2D eigenvalue weighted by molar-refractivity contribution is -0.0732. The van der Waals surface area contributed by atoms with Crippen LogP contribution in [0.4, 0.5) is 8.78 Å². The molecule has 0 amide bonds. The molecule has 1 N–H and O–H groups in total. The van der Waals surface area contributed by atoms with Gasteiger partial charge in [0.15, 0.2) is 31.2 Å². The molecule has 2 saturated heterocycles. The maximum atomic E-state index is 15.4. The molecule has 0 aliphatic carbocycles. The third kappa shape index (κ3) is 4.13. The van der Waals surface area contributed by atoms with Gasteiger partial charge in [0.2, 0.25) is 0 Å². The van der Waals surface area contributed by atoms with Gasteiger partial charge < -0.3 is 14.8 Å². The molecule has 12 heteroatoms. The summed E-state index contributed by atoms with van der Waals surface area (Å²) in [5.74, 6) is -3.38. The summed E-state index contributed by atoms with van der Waals surface area (Å²) in [6.45, 7) is 0.641. The van der Waals surface area contributed by atoms with Crippen molar-refractivity contribution in [2.75, 3.05) is 32.1 Å². The number of rotatable bonds is 6. The van der Waals surface area contributed by atoms with E-state index in [1.807, 2.05) is 0 Å². The van der Waals surface area contributed by atoms with Crippen molar-refractivity contribution in [3.63, 3.8) is 0 Å². The Labute approximate surface area is 214 Å². The Balaban J connectivity index is 1.60. The van der Waals surface area contributed by atoms with Crippen molar-refractivity contribution in [3.05, 3.63) is 58.6 Å². The van der Waals surface area contributed by atoms with Crippen molar-refractivity contribution < 1.29 is 35.1 Å². The predicted octanol–water partition coefficient (Wildman–Crippen LogP) is 3.25. The molecule has 196 valence electrons. The van der Waals surface area contributed by atoms with Gasteiger partial charge in [-0.3, -0.25) is 0 Å². The molecular formula is C24H26ClF2NO6S2. The molecule has 2 aromatic carbocycles. The zero-order chi connectivity index (χ0) is 25.7. The highest BCUT2D eigenvalue weighted by atomic mass is 35.5. The number of fused-ring (bicyclic) bond motifs is 3. The topological polar surface area (TPSA) is 98.8 Å². The molecule has 0 saturated carbocycles. The summed E-state index contributed by atoms with van der Waals surface area (Å²) >= 11 is 5.97. The molecule has 4 atom stereocenters. The number of sulfone groups is 2. The van der Waals surface area contributed by atoms with Crippen LogP contribution in [0.1, 0.15) is 24.8 Å². The number of ether oxygens (including phenoxy) is 2. The van der Waals surface area contributed by atoms with Crippen LogP contribution < -0.4 is 10.1 Å². The minimum Gasteiger partial charge on any atom is -0.490 e. The first-order valence-electron chi connectivity index (χ1n) is 11.7. The zero-order valence-electron chi connectivity index (χ0n) is 19.3. The largest absolute Gasteiger partial charge is 0.490 e. The fraction of sp³-hybridized carbons (Fsp3) is 0.500. The van der Waals surface area contributed by atoms with E-state index in [4.69, 9.17) is 21.1 Å². The van der Waals surface area contributed by atoms with Gasteiger partial charge in [-0.15, -0.1) is 0 Å². The summed E-state index contributed by atoms with van der Waals surface area (Å²) in [5, 5.41) is 2.84. The summed E-state index contributed by atoms with van der Waals surface area (Å²) in [5.41, 5.74) is -0.371. The second kappa shape index (κ2) is 9.50. The molecule has 0 spiro atoms.